The van der Waals surface area contributed by atoms with E-state index in [0.29, 0.717) is 25.6 Å². The van der Waals surface area contributed by atoms with Crippen LogP contribution in [0.5, 0.6) is 0 Å². The van der Waals surface area contributed by atoms with Gasteiger partial charge in [0.05, 0.1) is 13.2 Å². The normalized spacial score (nSPS) is 10.9. The molecule has 0 saturated heterocycles. The van der Waals surface area contributed by atoms with Crippen molar-refractivity contribution < 1.29 is 14.3 Å². The number of hydrogen-bond acceptors (Lipinski definition) is 3. The van der Waals surface area contributed by atoms with E-state index in [1.165, 1.54) is 0 Å². The molecule has 0 N–H and O–H groups in total. The van der Waals surface area contributed by atoms with Gasteiger partial charge in [-0.15, -0.1) is 0 Å². The molecule has 0 heterocycles. The molecule has 3 heteroatoms. The molecule has 0 aliphatic carbocycles. The summed E-state index contributed by atoms with van der Waals surface area (Å²) < 4.78 is 9.92. The van der Waals surface area contributed by atoms with Gasteiger partial charge in [-0.25, -0.2) is 0 Å². The molecule has 0 unspecified atom stereocenters. The highest BCUT2D eigenvalue weighted by atomic mass is 16.5. The third-order valence-electron chi connectivity index (χ3n) is 1.93. The summed E-state index contributed by atoms with van der Waals surface area (Å²) in [6.07, 6.45) is 2.74. The summed E-state index contributed by atoms with van der Waals surface area (Å²) in [6.45, 7) is 5.63. The molecule has 0 atom stereocenters. The Kier molecular flexibility index (Phi) is 8.89. The average Bonchev–Trinajstić information content (AvgIpc) is 2.12. The lowest BCUT2D eigenvalue weighted by Gasteiger charge is -2.04. The Morgan fingerprint density at radius 1 is 1.29 bits per heavy atom. The molecule has 84 valence electrons. The lowest BCUT2D eigenvalue weighted by Crippen LogP contribution is -2.11. The summed E-state index contributed by atoms with van der Waals surface area (Å²) in [6, 6.07) is 0. The Bertz CT molecular complexity index is 143. The van der Waals surface area contributed by atoms with Gasteiger partial charge < -0.3 is 9.47 Å². The summed E-state index contributed by atoms with van der Waals surface area (Å²) >= 11 is 0. The molecule has 0 amide bonds. The van der Waals surface area contributed by atoms with E-state index in [-0.39, 0.29) is 12.4 Å². The molecule has 0 saturated carbocycles. The van der Waals surface area contributed by atoms with Crippen LogP contribution in [0.2, 0.25) is 0 Å². The molecular weight excluding hydrogens is 180 g/mol. The summed E-state index contributed by atoms with van der Waals surface area (Å²) in [4.78, 5) is 11.2. The minimum atomic E-state index is 0.196. The second-order valence-electron chi connectivity index (χ2n) is 3.87. The molecule has 0 aliphatic heterocycles. The summed E-state index contributed by atoms with van der Waals surface area (Å²) in [5.74, 6) is 0.874. The molecule has 0 fully saturated rings. The molecule has 0 rings (SSSR count). The number of ketones is 1. The number of carbonyl (C=O) groups excluding carboxylic acids is 1. The van der Waals surface area contributed by atoms with Gasteiger partial charge in [-0.3, -0.25) is 4.79 Å². The predicted octanol–water partition coefficient (Wildman–Crippen LogP) is 2.04. The average molecular weight is 202 g/mol. The van der Waals surface area contributed by atoms with E-state index in [1.54, 1.807) is 7.11 Å². The third-order valence-corrected chi connectivity index (χ3v) is 1.93. The fraction of sp³-hybridized carbons (Fsp3) is 0.909. The van der Waals surface area contributed by atoms with Crippen molar-refractivity contribution in [1.82, 2.24) is 0 Å². The maximum atomic E-state index is 11.2. The van der Waals surface area contributed by atoms with Crippen LogP contribution in [0.3, 0.4) is 0 Å². The van der Waals surface area contributed by atoms with Crippen molar-refractivity contribution in [2.24, 2.45) is 5.92 Å². The second-order valence-corrected chi connectivity index (χ2v) is 3.87. The Morgan fingerprint density at radius 3 is 2.57 bits per heavy atom. The van der Waals surface area contributed by atoms with Gasteiger partial charge in [0.2, 0.25) is 0 Å². The highest BCUT2D eigenvalue weighted by Gasteiger charge is 2.02. The first-order valence-electron chi connectivity index (χ1n) is 5.25. The first kappa shape index (κ1) is 13.6. The minimum Gasteiger partial charge on any atom is -0.382 e. The van der Waals surface area contributed by atoms with Crippen molar-refractivity contribution in [2.45, 2.75) is 33.1 Å². The first-order chi connectivity index (χ1) is 6.66. The van der Waals surface area contributed by atoms with Gasteiger partial charge in [-0.1, -0.05) is 20.3 Å². The van der Waals surface area contributed by atoms with E-state index in [9.17, 15) is 4.79 Å². The lowest BCUT2D eigenvalue weighted by molar-refractivity contribution is -0.124. The van der Waals surface area contributed by atoms with Crippen molar-refractivity contribution in [2.75, 3.05) is 26.9 Å². The largest absolute Gasteiger partial charge is 0.382 e. The maximum absolute atomic E-state index is 11.2. The molecule has 0 bridgehead atoms. The van der Waals surface area contributed by atoms with Gasteiger partial charge in [0.15, 0.2) is 5.78 Å². The quantitative estimate of drug-likeness (QED) is 0.537. The Labute approximate surface area is 86.8 Å². The predicted molar refractivity (Wildman–Crippen MR) is 56.4 cm³/mol. The van der Waals surface area contributed by atoms with Gasteiger partial charge in [0.25, 0.3) is 0 Å². The SMILES string of the molecule is COCCOCC(=O)CCCC(C)C. The van der Waals surface area contributed by atoms with Crippen LogP contribution in [0, 0.1) is 5.92 Å². The van der Waals surface area contributed by atoms with E-state index in [2.05, 4.69) is 13.8 Å². The van der Waals surface area contributed by atoms with Crippen LogP contribution in [0.1, 0.15) is 33.1 Å². The highest BCUT2D eigenvalue weighted by Crippen LogP contribution is 2.06. The zero-order valence-corrected chi connectivity index (χ0v) is 9.54. The molecule has 14 heavy (non-hydrogen) atoms. The number of methoxy groups -OCH3 is 1. The molecule has 0 spiro atoms. The molecule has 0 aliphatic rings. The Balaban J connectivity index is 3.20. The van der Waals surface area contributed by atoms with Gasteiger partial charge in [-0.05, 0) is 12.3 Å². The van der Waals surface area contributed by atoms with Gasteiger partial charge >= 0.3 is 0 Å². The van der Waals surface area contributed by atoms with E-state index in [4.69, 9.17) is 9.47 Å². The van der Waals surface area contributed by atoms with Crippen molar-refractivity contribution in [3.63, 3.8) is 0 Å². The second kappa shape index (κ2) is 9.16. The van der Waals surface area contributed by atoms with Crippen LogP contribution in [-0.4, -0.2) is 32.7 Å². The Hall–Kier alpha value is -0.410. The molecule has 0 aromatic rings. The third kappa shape index (κ3) is 9.68. The summed E-state index contributed by atoms with van der Waals surface area (Å²) in [5.41, 5.74) is 0. The van der Waals surface area contributed by atoms with Crippen LogP contribution in [-0.2, 0) is 14.3 Å². The first-order valence-corrected chi connectivity index (χ1v) is 5.25. The molecule has 3 nitrogen and oxygen atoms in total. The van der Waals surface area contributed by atoms with E-state index >= 15 is 0 Å². The fourth-order valence-electron chi connectivity index (χ4n) is 1.11. The van der Waals surface area contributed by atoms with Crippen LogP contribution in [0.4, 0.5) is 0 Å². The summed E-state index contributed by atoms with van der Waals surface area (Å²) in [7, 11) is 1.62. The van der Waals surface area contributed by atoms with E-state index < -0.39 is 0 Å². The number of ether oxygens (including phenoxy) is 2. The Morgan fingerprint density at radius 2 is 2.00 bits per heavy atom. The van der Waals surface area contributed by atoms with Crippen molar-refractivity contribution >= 4 is 5.78 Å². The van der Waals surface area contributed by atoms with Crippen LogP contribution < -0.4 is 0 Å². The monoisotopic (exact) mass is 202 g/mol. The number of Topliss-reactive ketones (excluding diaryl/α,β-unsaturated/α-hetero) is 1. The standard InChI is InChI=1S/C11H22O3/c1-10(2)5-4-6-11(12)9-14-8-7-13-3/h10H,4-9H2,1-3H3. The number of carbonyl (C=O) groups is 1. The van der Waals surface area contributed by atoms with Crippen LogP contribution in [0.25, 0.3) is 0 Å². The smallest absolute Gasteiger partial charge is 0.158 e. The highest BCUT2D eigenvalue weighted by molar-refractivity contribution is 5.79. The van der Waals surface area contributed by atoms with Gasteiger partial charge in [-0.2, -0.15) is 0 Å². The zero-order valence-electron chi connectivity index (χ0n) is 9.54. The summed E-state index contributed by atoms with van der Waals surface area (Å²) in [5, 5.41) is 0. The van der Waals surface area contributed by atoms with Crippen molar-refractivity contribution in [3.8, 4) is 0 Å². The van der Waals surface area contributed by atoms with E-state index in [1.807, 2.05) is 0 Å². The van der Waals surface area contributed by atoms with Crippen molar-refractivity contribution in [3.05, 3.63) is 0 Å². The number of rotatable bonds is 9. The molecule has 0 aromatic carbocycles. The lowest BCUT2D eigenvalue weighted by atomic mass is 10.1. The molecule has 0 radical (unpaired) electrons. The van der Waals surface area contributed by atoms with E-state index in [0.717, 1.165) is 12.8 Å². The maximum Gasteiger partial charge on any atom is 0.158 e. The molecule has 0 aromatic heterocycles. The van der Waals surface area contributed by atoms with Crippen LogP contribution >= 0.6 is 0 Å². The zero-order chi connectivity index (χ0) is 10.8. The topological polar surface area (TPSA) is 35.5 Å². The van der Waals surface area contributed by atoms with Gasteiger partial charge in [0.1, 0.15) is 6.61 Å². The van der Waals surface area contributed by atoms with Gasteiger partial charge in [0, 0.05) is 13.5 Å². The fourth-order valence-corrected chi connectivity index (χ4v) is 1.11. The number of hydrogen-bond donors (Lipinski definition) is 0. The minimum absolute atomic E-state index is 0.196. The van der Waals surface area contributed by atoms with Crippen molar-refractivity contribution in [1.29, 1.82) is 0 Å². The van der Waals surface area contributed by atoms with Crippen LogP contribution in [0.15, 0.2) is 0 Å². The molecular formula is C11H22O3.